The van der Waals surface area contributed by atoms with Gasteiger partial charge in [-0.05, 0) is 53.8 Å². The van der Waals surface area contributed by atoms with Crippen LogP contribution in [0, 0.1) is 0 Å². The van der Waals surface area contributed by atoms with Gasteiger partial charge in [0, 0.05) is 4.88 Å². The lowest BCUT2D eigenvalue weighted by Gasteiger charge is -2.18. The standard InChI is InChI=1S/C16H14N2O3S2/c1-16(14(20)17-15(22)18-16)12-7-11(8-23-12)9-4-3-5-10(6-9)13(19)21-2/h3-8H,1-2H3,(H2,17,18,20,22). The van der Waals surface area contributed by atoms with Crippen molar-refractivity contribution in [2.24, 2.45) is 0 Å². The predicted octanol–water partition coefficient (Wildman–Crippen LogP) is 2.42. The highest BCUT2D eigenvalue weighted by molar-refractivity contribution is 7.80. The molecule has 1 aromatic heterocycles. The van der Waals surface area contributed by atoms with E-state index in [2.05, 4.69) is 10.6 Å². The van der Waals surface area contributed by atoms with Crippen molar-refractivity contribution < 1.29 is 14.3 Å². The van der Waals surface area contributed by atoms with E-state index in [1.165, 1.54) is 18.4 Å². The number of thiocarbonyl (C=S) groups is 1. The van der Waals surface area contributed by atoms with Crippen molar-refractivity contribution in [3.8, 4) is 11.1 Å². The first-order chi connectivity index (χ1) is 10.9. The van der Waals surface area contributed by atoms with Crippen molar-refractivity contribution in [2.75, 3.05) is 7.11 Å². The van der Waals surface area contributed by atoms with E-state index in [0.717, 1.165) is 16.0 Å². The summed E-state index contributed by atoms with van der Waals surface area (Å²) in [6, 6.07) is 9.12. The quantitative estimate of drug-likeness (QED) is 0.660. The second-order valence-electron chi connectivity index (χ2n) is 5.31. The van der Waals surface area contributed by atoms with Crippen LogP contribution in [0.1, 0.15) is 22.2 Å². The fourth-order valence-electron chi connectivity index (χ4n) is 2.41. The van der Waals surface area contributed by atoms with E-state index in [4.69, 9.17) is 17.0 Å². The molecule has 0 aliphatic carbocycles. The zero-order valence-electron chi connectivity index (χ0n) is 12.5. The number of benzene rings is 1. The minimum Gasteiger partial charge on any atom is -0.465 e. The molecule has 5 nitrogen and oxygen atoms in total. The number of hydrogen-bond acceptors (Lipinski definition) is 5. The van der Waals surface area contributed by atoms with Gasteiger partial charge in [-0.1, -0.05) is 12.1 Å². The maximum Gasteiger partial charge on any atom is 0.337 e. The van der Waals surface area contributed by atoms with Crippen LogP contribution in [0.5, 0.6) is 0 Å². The van der Waals surface area contributed by atoms with Crippen LogP contribution < -0.4 is 10.6 Å². The molecular formula is C16H14N2O3S2. The highest BCUT2D eigenvalue weighted by atomic mass is 32.1. The van der Waals surface area contributed by atoms with Crippen molar-refractivity contribution in [3.63, 3.8) is 0 Å². The molecule has 2 heterocycles. The van der Waals surface area contributed by atoms with Gasteiger partial charge in [-0.25, -0.2) is 4.79 Å². The van der Waals surface area contributed by atoms with E-state index in [-0.39, 0.29) is 11.9 Å². The summed E-state index contributed by atoms with van der Waals surface area (Å²) in [6.07, 6.45) is 0. The van der Waals surface area contributed by atoms with Gasteiger partial charge in [0.2, 0.25) is 0 Å². The minimum absolute atomic E-state index is 0.167. The number of carbonyl (C=O) groups is 2. The van der Waals surface area contributed by atoms with Crippen molar-refractivity contribution >= 4 is 40.5 Å². The van der Waals surface area contributed by atoms with Crippen LogP contribution in [-0.2, 0) is 15.1 Å². The van der Waals surface area contributed by atoms with E-state index < -0.39 is 5.54 Å². The van der Waals surface area contributed by atoms with Crippen LogP contribution >= 0.6 is 23.6 Å². The van der Waals surface area contributed by atoms with Crippen LogP contribution in [0.2, 0.25) is 0 Å². The molecule has 0 spiro atoms. The lowest BCUT2D eigenvalue weighted by Crippen LogP contribution is -2.39. The number of carbonyl (C=O) groups excluding carboxylic acids is 2. The fourth-order valence-corrected chi connectivity index (χ4v) is 3.74. The zero-order valence-corrected chi connectivity index (χ0v) is 14.1. The van der Waals surface area contributed by atoms with E-state index in [9.17, 15) is 9.59 Å². The van der Waals surface area contributed by atoms with E-state index in [0.29, 0.717) is 10.7 Å². The topological polar surface area (TPSA) is 67.4 Å². The van der Waals surface area contributed by atoms with Gasteiger partial charge >= 0.3 is 5.97 Å². The van der Waals surface area contributed by atoms with E-state index in [1.54, 1.807) is 25.1 Å². The lowest BCUT2D eigenvalue weighted by molar-refractivity contribution is -0.123. The van der Waals surface area contributed by atoms with Crippen LogP contribution in [0.3, 0.4) is 0 Å². The second kappa shape index (κ2) is 5.75. The number of amides is 1. The van der Waals surface area contributed by atoms with Gasteiger partial charge in [0.05, 0.1) is 12.7 Å². The van der Waals surface area contributed by atoms with Gasteiger partial charge in [0.1, 0.15) is 0 Å². The molecule has 7 heteroatoms. The fraction of sp³-hybridized carbons (Fsp3) is 0.188. The smallest absolute Gasteiger partial charge is 0.337 e. The molecule has 0 radical (unpaired) electrons. The third-order valence-electron chi connectivity index (χ3n) is 3.75. The Bertz CT molecular complexity index is 815. The normalized spacial score (nSPS) is 20.1. The zero-order chi connectivity index (χ0) is 16.6. The average Bonchev–Trinajstić information content (AvgIpc) is 3.13. The second-order valence-corrected chi connectivity index (χ2v) is 6.62. The summed E-state index contributed by atoms with van der Waals surface area (Å²) in [6.45, 7) is 1.79. The molecule has 1 amide bonds. The number of esters is 1. The number of hydrogen-bond donors (Lipinski definition) is 2. The van der Waals surface area contributed by atoms with Gasteiger partial charge in [-0.15, -0.1) is 11.3 Å². The monoisotopic (exact) mass is 346 g/mol. The van der Waals surface area contributed by atoms with Crippen molar-refractivity contribution in [1.29, 1.82) is 0 Å². The van der Waals surface area contributed by atoms with Gasteiger partial charge in [0.25, 0.3) is 5.91 Å². The molecule has 1 aliphatic heterocycles. The Kier molecular flexibility index (Phi) is 3.91. The molecular weight excluding hydrogens is 332 g/mol. The predicted molar refractivity (Wildman–Crippen MR) is 92.3 cm³/mol. The summed E-state index contributed by atoms with van der Waals surface area (Å²) in [7, 11) is 1.35. The third-order valence-corrected chi connectivity index (χ3v) is 5.11. The van der Waals surface area contributed by atoms with Crippen molar-refractivity contribution in [1.82, 2.24) is 10.6 Å². The van der Waals surface area contributed by atoms with Gasteiger partial charge in [-0.2, -0.15) is 0 Å². The Morgan fingerprint density at radius 3 is 2.74 bits per heavy atom. The van der Waals surface area contributed by atoms with Gasteiger partial charge in [0.15, 0.2) is 10.7 Å². The summed E-state index contributed by atoms with van der Waals surface area (Å²) in [4.78, 5) is 24.6. The highest BCUT2D eigenvalue weighted by Gasteiger charge is 2.42. The molecule has 1 atom stereocenters. The largest absolute Gasteiger partial charge is 0.465 e. The van der Waals surface area contributed by atoms with Gasteiger partial charge in [-0.3, -0.25) is 4.79 Å². The van der Waals surface area contributed by atoms with Crippen LogP contribution in [0.15, 0.2) is 35.7 Å². The Morgan fingerprint density at radius 2 is 2.09 bits per heavy atom. The first kappa shape index (κ1) is 15.6. The molecule has 2 aromatic rings. The first-order valence-electron chi connectivity index (χ1n) is 6.85. The van der Waals surface area contributed by atoms with E-state index in [1.807, 2.05) is 17.5 Å². The summed E-state index contributed by atoms with van der Waals surface area (Å²) < 4.78 is 4.74. The highest BCUT2D eigenvalue weighted by Crippen LogP contribution is 2.34. The molecule has 23 heavy (non-hydrogen) atoms. The van der Waals surface area contributed by atoms with Crippen LogP contribution in [0.25, 0.3) is 11.1 Å². The molecule has 1 aliphatic rings. The third kappa shape index (κ3) is 2.73. The SMILES string of the molecule is COC(=O)c1cccc(-c2csc(C3(C)NC(=S)NC3=O)c2)c1. The van der Waals surface area contributed by atoms with Crippen molar-refractivity contribution in [2.45, 2.75) is 12.5 Å². The molecule has 0 bridgehead atoms. The first-order valence-corrected chi connectivity index (χ1v) is 8.14. The number of thiophene rings is 1. The Hall–Kier alpha value is -2.25. The summed E-state index contributed by atoms with van der Waals surface area (Å²) >= 11 is 6.48. The Labute approximate surface area is 142 Å². The minimum atomic E-state index is -0.861. The summed E-state index contributed by atoms with van der Waals surface area (Å²) in [5.74, 6) is -0.546. The molecule has 1 saturated heterocycles. The molecule has 2 N–H and O–H groups in total. The maximum atomic E-state index is 12.1. The van der Waals surface area contributed by atoms with E-state index >= 15 is 0 Å². The molecule has 1 fully saturated rings. The molecule has 1 unspecified atom stereocenters. The van der Waals surface area contributed by atoms with Crippen LogP contribution in [-0.4, -0.2) is 24.1 Å². The van der Waals surface area contributed by atoms with Crippen LogP contribution in [0.4, 0.5) is 0 Å². The Balaban J connectivity index is 1.95. The molecule has 1 aromatic carbocycles. The van der Waals surface area contributed by atoms with Crippen molar-refractivity contribution in [3.05, 3.63) is 46.2 Å². The Morgan fingerprint density at radius 1 is 1.30 bits per heavy atom. The van der Waals surface area contributed by atoms with Gasteiger partial charge < -0.3 is 15.4 Å². The number of methoxy groups -OCH3 is 1. The number of nitrogens with one attached hydrogen (secondary N) is 2. The number of ether oxygens (including phenoxy) is 1. The summed E-state index contributed by atoms with van der Waals surface area (Å²) in [5.41, 5.74) is 1.45. The number of rotatable bonds is 3. The molecule has 118 valence electrons. The lowest BCUT2D eigenvalue weighted by atomic mass is 9.98. The molecule has 3 rings (SSSR count). The summed E-state index contributed by atoms with van der Waals surface area (Å²) in [5, 5.41) is 7.91. The molecule has 0 saturated carbocycles. The maximum absolute atomic E-state index is 12.1. The average molecular weight is 346 g/mol.